The van der Waals surface area contributed by atoms with Crippen molar-refractivity contribution in [2.45, 2.75) is 0 Å². The Morgan fingerprint density at radius 3 is 2.86 bits per heavy atom. The number of nitrogens with zero attached hydrogens (tertiary/aromatic N) is 2. The summed E-state index contributed by atoms with van der Waals surface area (Å²) in [5, 5.41) is 0. The number of hydrogen-bond acceptors (Lipinski definition) is 2. The van der Waals surface area contributed by atoms with Crippen LogP contribution < -0.4 is 0 Å². The second kappa shape index (κ2) is 5.49. The Kier molecular flexibility index (Phi) is 4.58. The van der Waals surface area contributed by atoms with Crippen LogP contribution in [-0.2, 0) is 9.09 Å². The Morgan fingerprint density at radius 2 is 2.36 bits per heavy atom. The number of rotatable bonds is 5. The van der Waals surface area contributed by atoms with E-state index in [-0.39, 0.29) is 19.0 Å². The first-order valence-corrected chi connectivity index (χ1v) is 6.16. The molecule has 0 aromatic heterocycles. The van der Waals surface area contributed by atoms with E-state index < -0.39 is 14.3 Å². The van der Waals surface area contributed by atoms with Crippen molar-refractivity contribution in [1.29, 1.82) is 0 Å². The highest BCUT2D eigenvalue weighted by Crippen LogP contribution is 2.53. The van der Waals surface area contributed by atoms with Crippen molar-refractivity contribution < 1.29 is 13.5 Å². The van der Waals surface area contributed by atoms with E-state index in [0.717, 1.165) is 0 Å². The summed E-state index contributed by atoms with van der Waals surface area (Å²) < 4.78 is 34.1. The average Bonchev–Trinajstić information content (AvgIpc) is 2.19. The Bertz CT molecular complexity index is 279. The van der Waals surface area contributed by atoms with Crippen LogP contribution in [0.4, 0.5) is 4.39 Å². The van der Waals surface area contributed by atoms with E-state index in [1.165, 1.54) is 23.2 Å². The third-order valence-corrected chi connectivity index (χ3v) is 3.72. The molecule has 1 heterocycles. The van der Waals surface area contributed by atoms with Crippen molar-refractivity contribution >= 4 is 25.5 Å². The highest BCUT2D eigenvalue weighted by Gasteiger charge is 2.31. The van der Waals surface area contributed by atoms with E-state index in [0.29, 0.717) is 0 Å². The minimum Gasteiger partial charge on any atom is -0.425 e. The molecule has 0 N–H and O–H groups in total. The number of halogens is 2. The lowest BCUT2D eigenvalue weighted by atomic mass is 10.6. The second-order valence-electron chi connectivity index (χ2n) is 2.52. The van der Waals surface area contributed by atoms with Crippen molar-refractivity contribution in [3.63, 3.8) is 0 Å². The zero-order chi connectivity index (χ0) is 10.4. The third-order valence-electron chi connectivity index (χ3n) is 1.62. The summed E-state index contributed by atoms with van der Waals surface area (Å²) in [6, 6.07) is 0. The first-order chi connectivity index (χ1) is 6.73. The highest BCUT2D eigenvalue weighted by atomic mass is 35.5. The summed E-state index contributed by atoms with van der Waals surface area (Å²) in [7, 11) is -3.27. The van der Waals surface area contributed by atoms with Gasteiger partial charge in [0.25, 0.3) is 0 Å². The zero-order valence-corrected chi connectivity index (χ0v) is 9.12. The van der Waals surface area contributed by atoms with Crippen LogP contribution in [-0.4, -0.2) is 36.5 Å². The van der Waals surface area contributed by atoms with Crippen LogP contribution in [0.15, 0.2) is 17.1 Å². The van der Waals surface area contributed by atoms with Crippen LogP contribution in [0.3, 0.4) is 0 Å². The molecule has 0 fully saturated rings. The standard InChI is InChI=1S/C7H11ClFN2O2P/c8-2-5-11(6-3-9)14(12)10-4-1-7-13-14/h1,4,7H,2-3,5-6H2. The molecule has 4 nitrogen and oxygen atoms in total. The summed E-state index contributed by atoms with van der Waals surface area (Å²) in [4.78, 5) is 0. The number of alkyl halides is 2. The van der Waals surface area contributed by atoms with Gasteiger partial charge < -0.3 is 4.52 Å². The molecule has 80 valence electrons. The highest BCUT2D eigenvalue weighted by molar-refractivity contribution is 7.55. The van der Waals surface area contributed by atoms with Crippen LogP contribution in [0.2, 0.25) is 0 Å². The van der Waals surface area contributed by atoms with Gasteiger partial charge in [-0.2, -0.15) is 9.43 Å². The monoisotopic (exact) mass is 240 g/mol. The fraction of sp³-hybridized carbons (Fsp3) is 0.571. The lowest BCUT2D eigenvalue weighted by Crippen LogP contribution is -2.25. The van der Waals surface area contributed by atoms with E-state index in [4.69, 9.17) is 16.1 Å². The summed E-state index contributed by atoms with van der Waals surface area (Å²) in [5.74, 6) is 0.257. The third kappa shape index (κ3) is 2.80. The van der Waals surface area contributed by atoms with Gasteiger partial charge in [-0.3, -0.25) is 0 Å². The van der Waals surface area contributed by atoms with E-state index in [1.54, 1.807) is 0 Å². The zero-order valence-electron chi connectivity index (χ0n) is 7.47. The van der Waals surface area contributed by atoms with Crippen molar-refractivity contribution in [2.75, 3.05) is 25.6 Å². The predicted octanol–water partition coefficient (Wildman–Crippen LogP) is 2.22. The Balaban J connectivity index is 2.70. The first-order valence-electron chi connectivity index (χ1n) is 4.09. The van der Waals surface area contributed by atoms with E-state index in [9.17, 15) is 8.96 Å². The van der Waals surface area contributed by atoms with Crippen molar-refractivity contribution in [3.8, 4) is 0 Å². The first kappa shape index (κ1) is 11.7. The van der Waals surface area contributed by atoms with Crippen LogP contribution >= 0.6 is 19.3 Å². The van der Waals surface area contributed by atoms with Gasteiger partial charge in [-0.25, -0.2) is 8.96 Å². The maximum Gasteiger partial charge on any atom is 0.440 e. The lowest BCUT2D eigenvalue weighted by molar-refractivity contribution is 0.313. The van der Waals surface area contributed by atoms with Crippen molar-refractivity contribution in [1.82, 2.24) is 4.67 Å². The molecule has 0 saturated carbocycles. The molecule has 1 rings (SSSR count). The molecule has 0 aliphatic carbocycles. The minimum absolute atomic E-state index is 0.00910. The van der Waals surface area contributed by atoms with Gasteiger partial charge in [-0.1, -0.05) is 0 Å². The second-order valence-corrected chi connectivity index (χ2v) is 4.89. The normalized spacial score (nSPS) is 25.4. The molecule has 0 aromatic carbocycles. The maximum absolute atomic E-state index is 12.2. The fourth-order valence-electron chi connectivity index (χ4n) is 0.999. The van der Waals surface area contributed by atoms with E-state index in [1.807, 2.05) is 0 Å². The Labute approximate surface area is 87.0 Å². The molecule has 1 unspecified atom stereocenters. The van der Waals surface area contributed by atoms with Gasteiger partial charge in [0.1, 0.15) is 6.67 Å². The molecule has 1 aliphatic rings. The van der Waals surface area contributed by atoms with Gasteiger partial charge >= 0.3 is 7.67 Å². The smallest absolute Gasteiger partial charge is 0.425 e. The fourth-order valence-corrected chi connectivity index (χ4v) is 2.81. The quantitative estimate of drug-likeness (QED) is 0.547. The summed E-state index contributed by atoms with van der Waals surface area (Å²) in [5.41, 5.74) is 0. The molecule has 14 heavy (non-hydrogen) atoms. The summed E-state index contributed by atoms with van der Waals surface area (Å²) in [6.45, 7) is -0.313. The Morgan fingerprint density at radius 1 is 1.57 bits per heavy atom. The summed E-state index contributed by atoms with van der Waals surface area (Å²) in [6.07, 6.45) is 4.18. The topological polar surface area (TPSA) is 41.9 Å². The van der Waals surface area contributed by atoms with Crippen molar-refractivity contribution in [3.05, 3.63) is 12.3 Å². The molecule has 0 amide bonds. The van der Waals surface area contributed by atoms with Gasteiger partial charge in [-0.15, -0.1) is 11.6 Å². The average molecular weight is 241 g/mol. The molecule has 0 saturated heterocycles. The molecule has 0 spiro atoms. The van der Waals surface area contributed by atoms with Crippen LogP contribution in [0, 0.1) is 0 Å². The van der Waals surface area contributed by atoms with Crippen molar-refractivity contribution in [2.24, 2.45) is 4.76 Å². The minimum atomic E-state index is -3.27. The Hall–Kier alpha value is -0.380. The molecule has 0 aromatic rings. The number of allylic oxidation sites excluding steroid dienone is 1. The molecule has 1 aliphatic heterocycles. The van der Waals surface area contributed by atoms with Gasteiger partial charge in [0.2, 0.25) is 0 Å². The largest absolute Gasteiger partial charge is 0.440 e. The molecular weight excluding hydrogens is 230 g/mol. The molecule has 7 heteroatoms. The summed E-state index contributed by atoms with van der Waals surface area (Å²) >= 11 is 5.50. The predicted molar refractivity (Wildman–Crippen MR) is 54.6 cm³/mol. The van der Waals surface area contributed by atoms with Crippen LogP contribution in [0.5, 0.6) is 0 Å². The van der Waals surface area contributed by atoms with Gasteiger partial charge in [0, 0.05) is 25.2 Å². The molecule has 0 bridgehead atoms. The maximum atomic E-state index is 12.2. The van der Waals surface area contributed by atoms with Gasteiger partial charge in [0.05, 0.1) is 6.26 Å². The van der Waals surface area contributed by atoms with E-state index in [2.05, 4.69) is 4.76 Å². The molecule has 1 atom stereocenters. The van der Waals surface area contributed by atoms with Gasteiger partial charge in [0.15, 0.2) is 0 Å². The number of hydrogen-bond donors (Lipinski definition) is 0. The van der Waals surface area contributed by atoms with Crippen LogP contribution in [0.25, 0.3) is 0 Å². The molecule has 0 radical (unpaired) electrons. The molecular formula is C7H11ClFN2O2P. The van der Waals surface area contributed by atoms with Gasteiger partial charge in [-0.05, 0) is 6.08 Å². The lowest BCUT2D eigenvalue weighted by Gasteiger charge is -2.25. The SMILES string of the molecule is O=P1(N(CCF)CCCl)N=CC=CO1. The van der Waals surface area contributed by atoms with E-state index >= 15 is 0 Å². The van der Waals surface area contributed by atoms with Crippen LogP contribution in [0.1, 0.15) is 0 Å².